The number of carbonyl (C=O) groups is 2. The van der Waals surface area contributed by atoms with Crippen molar-refractivity contribution in [1.82, 2.24) is 4.90 Å². The van der Waals surface area contributed by atoms with Crippen LogP contribution in [0.3, 0.4) is 0 Å². The summed E-state index contributed by atoms with van der Waals surface area (Å²) in [4.78, 5) is 29.7. The monoisotopic (exact) mass is 426 g/mol. The van der Waals surface area contributed by atoms with Gasteiger partial charge in [-0.25, -0.2) is 0 Å². The van der Waals surface area contributed by atoms with Crippen molar-refractivity contribution in [2.45, 2.75) is 12.5 Å². The van der Waals surface area contributed by atoms with Gasteiger partial charge in [-0.3, -0.25) is 9.59 Å². The molecule has 5 nitrogen and oxygen atoms in total. The first kappa shape index (κ1) is 21.4. The lowest BCUT2D eigenvalue weighted by molar-refractivity contribution is -0.139. The number of nitrogens with zero attached hydrogens (tertiary/aromatic N) is 2. The van der Waals surface area contributed by atoms with E-state index in [2.05, 4.69) is 0 Å². The molecule has 3 aromatic rings. The summed E-state index contributed by atoms with van der Waals surface area (Å²) in [6.07, 6.45) is 0.617. The molecule has 1 aliphatic heterocycles. The zero-order valence-corrected chi connectivity index (χ0v) is 18.2. The van der Waals surface area contributed by atoms with Gasteiger partial charge in [-0.05, 0) is 29.7 Å². The number of ketones is 1. The normalized spacial score (nSPS) is 17.6. The SMILES string of the molecule is CN(C)c1ccc(C2C(=C(O)c3ccccc3)C(=O)C(=O)N2CCc2ccccc2)cc1. The van der Waals surface area contributed by atoms with E-state index in [1.165, 1.54) is 0 Å². The Morgan fingerprint density at radius 2 is 1.47 bits per heavy atom. The van der Waals surface area contributed by atoms with Crippen molar-refractivity contribution in [1.29, 1.82) is 0 Å². The topological polar surface area (TPSA) is 60.9 Å². The minimum absolute atomic E-state index is 0.131. The minimum Gasteiger partial charge on any atom is -0.507 e. The average Bonchev–Trinajstić information content (AvgIpc) is 3.08. The number of amides is 1. The van der Waals surface area contributed by atoms with Gasteiger partial charge in [0.2, 0.25) is 0 Å². The number of likely N-dealkylation sites (tertiary alicyclic amines) is 1. The zero-order valence-electron chi connectivity index (χ0n) is 18.2. The molecule has 1 unspecified atom stereocenters. The first-order valence-electron chi connectivity index (χ1n) is 10.6. The lowest BCUT2D eigenvalue weighted by atomic mass is 9.95. The molecule has 1 fully saturated rings. The number of rotatable bonds is 6. The number of carbonyl (C=O) groups excluding carboxylic acids is 2. The van der Waals surface area contributed by atoms with E-state index >= 15 is 0 Å². The van der Waals surface area contributed by atoms with E-state index in [9.17, 15) is 14.7 Å². The van der Waals surface area contributed by atoms with Crippen LogP contribution in [0.4, 0.5) is 5.69 Å². The highest BCUT2D eigenvalue weighted by molar-refractivity contribution is 6.46. The van der Waals surface area contributed by atoms with Crippen molar-refractivity contribution < 1.29 is 14.7 Å². The van der Waals surface area contributed by atoms with Gasteiger partial charge in [-0.15, -0.1) is 0 Å². The molecule has 1 atom stereocenters. The van der Waals surface area contributed by atoms with Crippen LogP contribution in [0.25, 0.3) is 5.76 Å². The Morgan fingerprint density at radius 3 is 2.06 bits per heavy atom. The number of hydrogen-bond acceptors (Lipinski definition) is 4. The van der Waals surface area contributed by atoms with Gasteiger partial charge in [0.15, 0.2) is 0 Å². The summed E-state index contributed by atoms with van der Waals surface area (Å²) >= 11 is 0. The van der Waals surface area contributed by atoms with E-state index in [0.29, 0.717) is 18.5 Å². The second-order valence-electron chi connectivity index (χ2n) is 8.08. The fourth-order valence-corrected chi connectivity index (χ4v) is 4.06. The number of benzene rings is 3. The molecule has 3 aromatic carbocycles. The second kappa shape index (κ2) is 9.10. The summed E-state index contributed by atoms with van der Waals surface area (Å²) in [6, 6.07) is 25.9. The third-order valence-electron chi connectivity index (χ3n) is 5.80. The summed E-state index contributed by atoms with van der Waals surface area (Å²) in [7, 11) is 3.91. The predicted molar refractivity (Wildman–Crippen MR) is 126 cm³/mol. The molecular weight excluding hydrogens is 400 g/mol. The number of aliphatic hydroxyl groups excluding tert-OH is 1. The third-order valence-corrected chi connectivity index (χ3v) is 5.80. The fraction of sp³-hybridized carbons (Fsp3) is 0.185. The maximum atomic E-state index is 13.1. The molecular formula is C27H26N2O3. The number of Topliss-reactive ketones (excluding diaryl/α,β-unsaturated/α-hetero) is 1. The van der Waals surface area contributed by atoms with E-state index in [1.807, 2.05) is 79.7 Å². The number of anilines is 1. The summed E-state index contributed by atoms with van der Waals surface area (Å²) < 4.78 is 0. The Hall–Kier alpha value is -3.86. The molecule has 0 radical (unpaired) electrons. The van der Waals surface area contributed by atoms with Crippen LogP contribution in [0, 0.1) is 0 Å². The van der Waals surface area contributed by atoms with Gasteiger partial charge in [-0.1, -0.05) is 72.8 Å². The molecule has 4 rings (SSSR count). The molecule has 162 valence electrons. The van der Waals surface area contributed by atoms with Gasteiger partial charge in [0.25, 0.3) is 11.7 Å². The van der Waals surface area contributed by atoms with Crippen LogP contribution in [-0.4, -0.2) is 42.3 Å². The lowest BCUT2D eigenvalue weighted by Crippen LogP contribution is -2.31. The van der Waals surface area contributed by atoms with Crippen LogP contribution >= 0.6 is 0 Å². The highest BCUT2D eigenvalue weighted by Gasteiger charge is 2.45. The van der Waals surface area contributed by atoms with Crippen molar-refractivity contribution in [3.05, 3.63) is 107 Å². The van der Waals surface area contributed by atoms with Crippen LogP contribution in [0.1, 0.15) is 22.7 Å². The summed E-state index contributed by atoms with van der Waals surface area (Å²) in [5.41, 5.74) is 3.54. The molecule has 1 saturated heterocycles. The summed E-state index contributed by atoms with van der Waals surface area (Å²) in [6.45, 7) is 0.375. The van der Waals surface area contributed by atoms with Crippen molar-refractivity contribution in [2.24, 2.45) is 0 Å². The van der Waals surface area contributed by atoms with Crippen molar-refractivity contribution in [2.75, 3.05) is 25.5 Å². The number of hydrogen-bond donors (Lipinski definition) is 1. The van der Waals surface area contributed by atoms with Crippen molar-refractivity contribution >= 4 is 23.1 Å². The first-order valence-corrected chi connectivity index (χ1v) is 10.6. The zero-order chi connectivity index (χ0) is 22.7. The number of aliphatic hydroxyl groups is 1. The predicted octanol–water partition coefficient (Wildman–Crippen LogP) is 4.42. The Balaban J connectivity index is 1.77. The standard InChI is InChI=1S/C27H26N2O3/c1-28(2)22-15-13-20(14-16-22)24-23(25(30)21-11-7-4-8-12-21)26(31)27(32)29(24)18-17-19-9-5-3-6-10-19/h3-16,24,30H,17-18H2,1-2H3. The van der Waals surface area contributed by atoms with Crippen LogP contribution in [0.2, 0.25) is 0 Å². The molecule has 32 heavy (non-hydrogen) atoms. The molecule has 0 aliphatic carbocycles. The highest BCUT2D eigenvalue weighted by atomic mass is 16.3. The fourth-order valence-electron chi connectivity index (χ4n) is 4.06. The average molecular weight is 427 g/mol. The minimum atomic E-state index is -0.652. The maximum absolute atomic E-state index is 13.1. The summed E-state index contributed by atoms with van der Waals surface area (Å²) in [5.74, 6) is -1.38. The molecule has 0 aromatic heterocycles. The van der Waals surface area contributed by atoms with Crippen LogP contribution in [-0.2, 0) is 16.0 Å². The Bertz CT molecular complexity index is 1140. The quantitative estimate of drug-likeness (QED) is 0.360. The van der Waals surface area contributed by atoms with E-state index in [1.54, 1.807) is 29.2 Å². The van der Waals surface area contributed by atoms with E-state index in [-0.39, 0.29) is 11.3 Å². The van der Waals surface area contributed by atoms with E-state index in [4.69, 9.17) is 0 Å². The van der Waals surface area contributed by atoms with Crippen LogP contribution in [0.5, 0.6) is 0 Å². The van der Waals surface area contributed by atoms with Gasteiger partial charge in [0.05, 0.1) is 11.6 Å². The molecule has 1 aliphatic rings. The molecule has 1 heterocycles. The smallest absolute Gasteiger partial charge is 0.295 e. The first-order chi connectivity index (χ1) is 15.5. The lowest BCUT2D eigenvalue weighted by Gasteiger charge is -2.26. The van der Waals surface area contributed by atoms with Crippen LogP contribution in [0.15, 0.2) is 90.5 Å². The molecule has 0 saturated carbocycles. The van der Waals surface area contributed by atoms with Crippen molar-refractivity contribution in [3.8, 4) is 0 Å². The second-order valence-corrected chi connectivity index (χ2v) is 8.08. The van der Waals surface area contributed by atoms with Gasteiger partial charge >= 0.3 is 0 Å². The van der Waals surface area contributed by atoms with Crippen molar-refractivity contribution in [3.63, 3.8) is 0 Å². The molecule has 0 spiro atoms. The van der Waals surface area contributed by atoms with E-state index < -0.39 is 17.7 Å². The Labute approximate surface area is 188 Å². The van der Waals surface area contributed by atoms with Crippen LogP contribution < -0.4 is 4.90 Å². The van der Waals surface area contributed by atoms with Gasteiger partial charge < -0.3 is 14.9 Å². The largest absolute Gasteiger partial charge is 0.507 e. The van der Waals surface area contributed by atoms with Gasteiger partial charge in [0.1, 0.15) is 5.76 Å². The molecule has 0 bridgehead atoms. The van der Waals surface area contributed by atoms with Gasteiger partial charge in [-0.2, -0.15) is 0 Å². The maximum Gasteiger partial charge on any atom is 0.295 e. The third kappa shape index (κ3) is 4.14. The van der Waals surface area contributed by atoms with E-state index in [0.717, 1.165) is 16.8 Å². The molecule has 5 heteroatoms. The molecule has 1 amide bonds. The summed E-state index contributed by atoms with van der Waals surface area (Å²) in [5, 5.41) is 11.1. The Kier molecular flexibility index (Phi) is 6.08. The van der Waals surface area contributed by atoms with Gasteiger partial charge in [0, 0.05) is 31.9 Å². The highest BCUT2D eigenvalue weighted by Crippen LogP contribution is 2.39. The Morgan fingerprint density at radius 1 is 0.875 bits per heavy atom. The molecule has 1 N–H and O–H groups in total.